The third-order valence-corrected chi connectivity index (χ3v) is 9.64. The van der Waals surface area contributed by atoms with E-state index in [4.69, 9.17) is 9.47 Å². The van der Waals surface area contributed by atoms with Gasteiger partial charge in [0.2, 0.25) is 11.8 Å². The Balaban J connectivity index is 1.76. The van der Waals surface area contributed by atoms with Crippen molar-refractivity contribution in [2.75, 3.05) is 25.1 Å². The number of carbonyl (C=O) groups is 2. The van der Waals surface area contributed by atoms with Crippen molar-refractivity contribution < 1.29 is 31.9 Å². The van der Waals surface area contributed by atoms with Gasteiger partial charge in [-0.1, -0.05) is 56.5 Å². The van der Waals surface area contributed by atoms with Crippen molar-refractivity contribution in [2.24, 2.45) is 0 Å². The van der Waals surface area contributed by atoms with Gasteiger partial charge < -0.3 is 19.7 Å². The van der Waals surface area contributed by atoms with E-state index in [0.29, 0.717) is 17.7 Å². The smallest absolute Gasteiger partial charge is 0.264 e. The first-order valence-electron chi connectivity index (χ1n) is 14.8. The molecule has 1 atom stereocenters. The number of nitrogens with one attached hydrogen (secondary N) is 1. The molecule has 3 aromatic rings. The Bertz CT molecular complexity index is 1510. The zero-order valence-electron chi connectivity index (χ0n) is 25.4. The van der Waals surface area contributed by atoms with Gasteiger partial charge in [-0.2, -0.15) is 0 Å². The van der Waals surface area contributed by atoms with Crippen LogP contribution in [0.4, 0.5) is 10.1 Å². The highest BCUT2D eigenvalue weighted by molar-refractivity contribution is 7.92. The molecule has 0 aromatic heterocycles. The van der Waals surface area contributed by atoms with E-state index >= 15 is 0 Å². The van der Waals surface area contributed by atoms with E-state index < -0.39 is 34.3 Å². The molecule has 236 valence electrons. The molecule has 1 saturated carbocycles. The maximum atomic E-state index is 14.3. The molecule has 1 N–H and O–H groups in total. The summed E-state index contributed by atoms with van der Waals surface area (Å²) in [6, 6.07) is 17.3. The fourth-order valence-corrected chi connectivity index (χ4v) is 6.91. The number of methoxy groups -OCH3 is 2. The average Bonchev–Trinajstić information content (AvgIpc) is 3.04. The van der Waals surface area contributed by atoms with Crippen molar-refractivity contribution in [3.05, 3.63) is 84.2 Å². The first kappa shape index (κ1) is 32.8. The Morgan fingerprint density at radius 2 is 1.64 bits per heavy atom. The topological polar surface area (TPSA) is 105 Å². The van der Waals surface area contributed by atoms with E-state index in [0.717, 1.165) is 36.4 Å². The minimum absolute atomic E-state index is 0.0177. The Labute approximate surface area is 259 Å². The van der Waals surface area contributed by atoms with Crippen molar-refractivity contribution in [3.8, 4) is 11.5 Å². The van der Waals surface area contributed by atoms with Crippen LogP contribution in [0, 0.1) is 5.82 Å². The van der Waals surface area contributed by atoms with Crippen LogP contribution in [0.3, 0.4) is 0 Å². The summed E-state index contributed by atoms with van der Waals surface area (Å²) in [6.07, 6.45) is 5.19. The summed E-state index contributed by atoms with van der Waals surface area (Å²) in [5, 5.41) is 3.11. The normalized spacial score (nSPS) is 14.4. The molecule has 3 aromatic carbocycles. The van der Waals surface area contributed by atoms with Gasteiger partial charge in [-0.25, -0.2) is 12.8 Å². The van der Waals surface area contributed by atoms with Gasteiger partial charge in [0.05, 0.1) is 24.8 Å². The van der Waals surface area contributed by atoms with Gasteiger partial charge in [0, 0.05) is 18.7 Å². The number of nitrogens with zero attached hydrogens (tertiary/aromatic N) is 2. The van der Waals surface area contributed by atoms with Crippen molar-refractivity contribution in [2.45, 2.75) is 69.0 Å². The van der Waals surface area contributed by atoms with Crippen molar-refractivity contribution in [1.82, 2.24) is 10.2 Å². The maximum absolute atomic E-state index is 14.3. The summed E-state index contributed by atoms with van der Waals surface area (Å²) in [6.45, 7) is 1.15. The summed E-state index contributed by atoms with van der Waals surface area (Å²) in [7, 11) is -1.43. The van der Waals surface area contributed by atoms with Gasteiger partial charge in [0.25, 0.3) is 10.0 Å². The monoisotopic (exact) mass is 625 g/mol. The second-order valence-corrected chi connectivity index (χ2v) is 12.6. The molecule has 0 saturated heterocycles. The highest BCUT2D eigenvalue weighted by atomic mass is 32.2. The third-order valence-electron chi connectivity index (χ3n) is 7.87. The lowest BCUT2D eigenvalue weighted by Crippen LogP contribution is -2.54. The molecule has 1 fully saturated rings. The van der Waals surface area contributed by atoms with Crippen molar-refractivity contribution >= 4 is 27.5 Å². The van der Waals surface area contributed by atoms with Crippen LogP contribution in [0.5, 0.6) is 11.5 Å². The van der Waals surface area contributed by atoms with E-state index in [1.165, 1.54) is 49.5 Å². The number of ether oxygens (including phenoxy) is 2. The van der Waals surface area contributed by atoms with Crippen LogP contribution in [0.15, 0.2) is 77.7 Å². The zero-order chi connectivity index (χ0) is 31.7. The second kappa shape index (κ2) is 15.1. The number of rotatable bonds is 13. The van der Waals surface area contributed by atoms with Crippen LogP contribution in [-0.4, -0.2) is 58.0 Å². The van der Waals surface area contributed by atoms with E-state index in [-0.39, 0.29) is 34.8 Å². The number of benzene rings is 3. The lowest BCUT2D eigenvalue weighted by molar-refractivity contribution is -0.140. The molecule has 0 unspecified atom stereocenters. The molecule has 44 heavy (non-hydrogen) atoms. The highest BCUT2D eigenvalue weighted by Crippen LogP contribution is 2.36. The van der Waals surface area contributed by atoms with Crippen LogP contribution in [-0.2, 0) is 26.2 Å². The zero-order valence-corrected chi connectivity index (χ0v) is 26.2. The summed E-state index contributed by atoms with van der Waals surface area (Å²) >= 11 is 0. The van der Waals surface area contributed by atoms with Gasteiger partial charge in [-0.15, -0.1) is 0 Å². The summed E-state index contributed by atoms with van der Waals surface area (Å²) < 4.78 is 53.9. The van der Waals surface area contributed by atoms with E-state index in [1.807, 2.05) is 0 Å². The number of anilines is 1. The van der Waals surface area contributed by atoms with Crippen LogP contribution >= 0.6 is 0 Å². The van der Waals surface area contributed by atoms with Gasteiger partial charge in [0.1, 0.15) is 29.9 Å². The minimum Gasteiger partial charge on any atom is -0.497 e. The highest BCUT2D eigenvalue weighted by Gasteiger charge is 2.35. The average molecular weight is 626 g/mol. The van der Waals surface area contributed by atoms with Gasteiger partial charge in [-0.3, -0.25) is 13.9 Å². The molecule has 4 rings (SSSR count). The lowest BCUT2D eigenvalue weighted by Gasteiger charge is -2.34. The molecule has 0 bridgehead atoms. The summed E-state index contributed by atoms with van der Waals surface area (Å²) in [5.41, 5.74) is 0.700. The Hall–Kier alpha value is -4.12. The molecule has 0 aliphatic heterocycles. The molecular weight excluding hydrogens is 585 g/mol. The predicted octanol–water partition coefficient (Wildman–Crippen LogP) is 5.29. The van der Waals surface area contributed by atoms with Crippen LogP contribution in [0.25, 0.3) is 0 Å². The summed E-state index contributed by atoms with van der Waals surface area (Å²) in [5.74, 6) is -0.761. The van der Waals surface area contributed by atoms with Crippen LogP contribution < -0.4 is 19.1 Å². The summed E-state index contributed by atoms with van der Waals surface area (Å²) in [4.78, 5) is 29.3. The number of hydrogen-bond donors (Lipinski definition) is 1. The number of sulfonamides is 1. The molecule has 2 amide bonds. The Morgan fingerprint density at radius 3 is 2.25 bits per heavy atom. The molecule has 0 radical (unpaired) electrons. The maximum Gasteiger partial charge on any atom is 0.264 e. The third kappa shape index (κ3) is 7.88. The lowest BCUT2D eigenvalue weighted by atomic mass is 9.95. The molecule has 1 aliphatic carbocycles. The van der Waals surface area contributed by atoms with E-state index in [2.05, 4.69) is 5.32 Å². The minimum atomic E-state index is -4.29. The largest absolute Gasteiger partial charge is 0.497 e. The fraction of sp³-hybridized carbons (Fsp3) is 0.394. The number of hydrogen-bond acceptors (Lipinski definition) is 6. The van der Waals surface area contributed by atoms with Gasteiger partial charge in [0.15, 0.2) is 0 Å². The van der Waals surface area contributed by atoms with Crippen LogP contribution in [0.1, 0.15) is 51.0 Å². The molecule has 9 nitrogen and oxygen atoms in total. The number of amides is 2. The molecule has 0 heterocycles. The fourth-order valence-electron chi connectivity index (χ4n) is 5.47. The van der Waals surface area contributed by atoms with Gasteiger partial charge in [-0.05, 0) is 61.2 Å². The first-order chi connectivity index (χ1) is 21.2. The molecular formula is C33H40FN3O6S. The molecule has 11 heteroatoms. The number of halogens is 1. The molecule has 1 aliphatic rings. The SMILES string of the molecule is CC[C@@H](C(=O)NC1CCCCC1)N(Cc1ccc(F)cc1)C(=O)CN(c1cc(OC)ccc1OC)S(=O)(=O)c1ccccc1. The number of carbonyl (C=O) groups excluding carboxylic acids is 2. The predicted molar refractivity (Wildman–Crippen MR) is 167 cm³/mol. The second-order valence-electron chi connectivity index (χ2n) is 10.8. The quantitative estimate of drug-likeness (QED) is 0.277. The van der Waals surface area contributed by atoms with Crippen molar-refractivity contribution in [3.63, 3.8) is 0 Å². The first-order valence-corrected chi connectivity index (χ1v) is 16.3. The van der Waals surface area contributed by atoms with E-state index in [1.54, 1.807) is 49.4 Å². The molecule has 0 spiro atoms. The Morgan fingerprint density at radius 1 is 0.955 bits per heavy atom. The van der Waals surface area contributed by atoms with Crippen LogP contribution in [0.2, 0.25) is 0 Å². The van der Waals surface area contributed by atoms with Crippen molar-refractivity contribution in [1.29, 1.82) is 0 Å². The standard InChI is InChI=1S/C33H40FN3O6S/c1-4-29(33(39)35-26-11-7-5-8-12-26)36(22-24-15-17-25(34)18-16-24)32(38)23-37(44(40,41)28-13-9-6-10-14-28)30-21-27(42-2)19-20-31(30)43-3/h6,9-10,13-21,26,29H,4-5,7-8,11-12,22-23H2,1-3H3,(H,35,39)/t29-/m0/s1. The van der Waals surface area contributed by atoms with E-state index in [9.17, 15) is 22.4 Å². The Kier molecular flexibility index (Phi) is 11.2. The van der Waals surface area contributed by atoms with Gasteiger partial charge >= 0.3 is 0 Å².